The van der Waals surface area contributed by atoms with Crippen LogP contribution < -0.4 is 5.69 Å². The Balaban J connectivity index is 2.07. The van der Waals surface area contributed by atoms with Gasteiger partial charge < -0.3 is 4.90 Å². The van der Waals surface area contributed by atoms with Gasteiger partial charge in [0.05, 0.1) is 11.5 Å². The van der Waals surface area contributed by atoms with Crippen molar-refractivity contribution in [2.24, 2.45) is 5.41 Å². The second-order valence-electron chi connectivity index (χ2n) is 5.12. The maximum Gasteiger partial charge on any atom is 0.347 e. The molecular weight excluding hydrogens is 244 g/mol. The Labute approximate surface area is 111 Å². The highest BCUT2D eigenvalue weighted by Crippen LogP contribution is 2.28. The predicted molar refractivity (Wildman–Crippen MR) is 68.0 cm³/mol. The van der Waals surface area contributed by atoms with E-state index < -0.39 is 11.1 Å². The molecule has 1 saturated heterocycles. The van der Waals surface area contributed by atoms with Gasteiger partial charge in [-0.15, -0.1) is 0 Å². The Morgan fingerprint density at radius 1 is 1.63 bits per heavy atom. The largest absolute Gasteiger partial charge is 0.347 e. The lowest BCUT2D eigenvalue weighted by atomic mass is 9.83. The Hall–Kier alpha value is -2.16. The summed E-state index contributed by atoms with van der Waals surface area (Å²) in [7, 11) is 0. The van der Waals surface area contributed by atoms with Crippen molar-refractivity contribution in [2.45, 2.75) is 26.3 Å². The molecule has 1 aliphatic rings. The summed E-state index contributed by atoms with van der Waals surface area (Å²) in [4.78, 5) is 28.9. The van der Waals surface area contributed by atoms with E-state index in [9.17, 15) is 9.59 Å². The normalized spacial score (nSPS) is 22.8. The van der Waals surface area contributed by atoms with Gasteiger partial charge in [0.2, 0.25) is 5.91 Å². The second-order valence-corrected chi connectivity index (χ2v) is 5.12. The lowest BCUT2D eigenvalue weighted by Gasteiger charge is -2.36. The van der Waals surface area contributed by atoms with E-state index in [1.54, 1.807) is 17.2 Å². The fourth-order valence-electron chi connectivity index (χ4n) is 2.30. The van der Waals surface area contributed by atoms with Crippen LogP contribution in [0.25, 0.3) is 0 Å². The van der Waals surface area contributed by atoms with Crippen molar-refractivity contribution in [2.75, 3.05) is 13.1 Å². The number of piperidine rings is 1. The molecular formula is C13H16N4O2. The summed E-state index contributed by atoms with van der Waals surface area (Å²) < 4.78 is 1.28. The van der Waals surface area contributed by atoms with E-state index in [0.29, 0.717) is 13.1 Å². The molecule has 1 aromatic heterocycles. The number of nitrogens with zero attached hydrogens (tertiary/aromatic N) is 4. The number of hydrogen-bond donors (Lipinski definition) is 0. The molecule has 1 amide bonds. The summed E-state index contributed by atoms with van der Waals surface area (Å²) in [5.74, 6) is -0.142. The maximum absolute atomic E-state index is 12.2. The minimum Gasteiger partial charge on any atom is -0.340 e. The van der Waals surface area contributed by atoms with Gasteiger partial charge in [0.1, 0.15) is 6.54 Å². The highest BCUT2D eigenvalue weighted by molar-refractivity contribution is 5.76. The van der Waals surface area contributed by atoms with E-state index in [4.69, 9.17) is 5.26 Å². The third-order valence-electron chi connectivity index (χ3n) is 3.41. The van der Waals surface area contributed by atoms with E-state index in [0.717, 1.165) is 12.8 Å². The molecule has 2 rings (SSSR count). The van der Waals surface area contributed by atoms with Crippen LogP contribution in [0.4, 0.5) is 0 Å². The highest BCUT2D eigenvalue weighted by Gasteiger charge is 2.33. The third-order valence-corrected chi connectivity index (χ3v) is 3.41. The zero-order valence-corrected chi connectivity index (χ0v) is 10.9. The molecule has 0 N–H and O–H groups in total. The van der Waals surface area contributed by atoms with E-state index in [1.165, 1.54) is 10.8 Å². The van der Waals surface area contributed by atoms with Crippen molar-refractivity contribution < 1.29 is 4.79 Å². The van der Waals surface area contributed by atoms with E-state index in [2.05, 4.69) is 11.1 Å². The number of carbonyl (C=O) groups is 1. The van der Waals surface area contributed by atoms with Gasteiger partial charge in [-0.1, -0.05) is 0 Å². The van der Waals surface area contributed by atoms with Crippen molar-refractivity contribution in [1.29, 1.82) is 5.26 Å². The topological polar surface area (TPSA) is 79.0 Å². The molecule has 1 fully saturated rings. The van der Waals surface area contributed by atoms with Crippen molar-refractivity contribution in [1.82, 2.24) is 14.5 Å². The fraction of sp³-hybridized carbons (Fsp3) is 0.538. The van der Waals surface area contributed by atoms with Crippen LogP contribution in [0.1, 0.15) is 19.8 Å². The molecule has 6 heteroatoms. The van der Waals surface area contributed by atoms with Gasteiger partial charge in [-0.05, 0) is 25.8 Å². The Morgan fingerprint density at radius 2 is 2.42 bits per heavy atom. The number of nitriles is 1. The molecule has 1 aromatic rings. The molecule has 1 unspecified atom stereocenters. The molecule has 0 spiro atoms. The second kappa shape index (κ2) is 5.22. The van der Waals surface area contributed by atoms with Gasteiger partial charge in [-0.2, -0.15) is 5.26 Å². The Morgan fingerprint density at radius 3 is 3.11 bits per heavy atom. The summed E-state index contributed by atoms with van der Waals surface area (Å²) in [6.07, 6.45) is 4.56. The van der Waals surface area contributed by atoms with Crippen molar-refractivity contribution in [3.05, 3.63) is 28.9 Å². The monoisotopic (exact) mass is 260 g/mol. The van der Waals surface area contributed by atoms with Gasteiger partial charge in [0.25, 0.3) is 0 Å². The Bertz CT molecular complexity index is 574. The minimum absolute atomic E-state index is 0.0197. The number of carbonyl (C=O) groups excluding carboxylic acids is 1. The molecule has 0 aromatic carbocycles. The molecule has 2 heterocycles. The highest BCUT2D eigenvalue weighted by atomic mass is 16.2. The van der Waals surface area contributed by atoms with Crippen LogP contribution in [0, 0.1) is 16.7 Å². The standard InChI is InChI=1S/C13H16N4O2/c1-13(9-14)4-2-6-17(10-13)11(18)8-16-7-3-5-15-12(16)19/h3,5,7H,2,4,6,8,10H2,1H3. The average Bonchev–Trinajstić information content (AvgIpc) is 2.41. The zero-order chi connectivity index (χ0) is 13.9. The van der Waals surface area contributed by atoms with Gasteiger partial charge in [0, 0.05) is 25.5 Å². The van der Waals surface area contributed by atoms with Crippen LogP contribution in [0.15, 0.2) is 23.3 Å². The van der Waals surface area contributed by atoms with Crippen LogP contribution >= 0.6 is 0 Å². The van der Waals surface area contributed by atoms with Gasteiger partial charge in [-0.3, -0.25) is 9.36 Å². The average molecular weight is 260 g/mol. The fourth-order valence-corrected chi connectivity index (χ4v) is 2.30. The van der Waals surface area contributed by atoms with Crippen LogP contribution in [0.3, 0.4) is 0 Å². The number of hydrogen-bond acceptors (Lipinski definition) is 4. The molecule has 19 heavy (non-hydrogen) atoms. The van der Waals surface area contributed by atoms with Crippen molar-refractivity contribution >= 4 is 5.91 Å². The van der Waals surface area contributed by atoms with Crippen LogP contribution in [-0.2, 0) is 11.3 Å². The lowest BCUT2D eigenvalue weighted by molar-refractivity contribution is -0.134. The molecule has 0 radical (unpaired) electrons. The molecule has 1 aliphatic heterocycles. The van der Waals surface area contributed by atoms with E-state index in [1.807, 2.05) is 6.92 Å². The van der Waals surface area contributed by atoms with Crippen LogP contribution in [0.5, 0.6) is 0 Å². The number of amides is 1. The van der Waals surface area contributed by atoms with Gasteiger partial charge in [0.15, 0.2) is 0 Å². The lowest BCUT2D eigenvalue weighted by Crippen LogP contribution is -2.46. The molecule has 0 aliphatic carbocycles. The van der Waals surface area contributed by atoms with Crippen molar-refractivity contribution in [3.63, 3.8) is 0 Å². The number of rotatable bonds is 2. The predicted octanol–water partition coefficient (Wildman–Crippen LogP) is 0.396. The van der Waals surface area contributed by atoms with E-state index >= 15 is 0 Å². The summed E-state index contributed by atoms with van der Waals surface area (Å²) in [6.45, 7) is 2.92. The maximum atomic E-state index is 12.2. The molecule has 0 bridgehead atoms. The van der Waals surface area contributed by atoms with Gasteiger partial charge >= 0.3 is 5.69 Å². The first-order chi connectivity index (χ1) is 9.04. The summed E-state index contributed by atoms with van der Waals surface area (Å²) >= 11 is 0. The van der Waals surface area contributed by atoms with Gasteiger partial charge in [-0.25, -0.2) is 9.78 Å². The van der Waals surface area contributed by atoms with Crippen LogP contribution in [0.2, 0.25) is 0 Å². The first-order valence-corrected chi connectivity index (χ1v) is 6.25. The smallest absolute Gasteiger partial charge is 0.340 e. The molecule has 1 atom stereocenters. The summed E-state index contributed by atoms with van der Waals surface area (Å²) in [5, 5.41) is 9.13. The molecule has 6 nitrogen and oxygen atoms in total. The Kier molecular flexibility index (Phi) is 3.65. The number of likely N-dealkylation sites (tertiary alicyclic amines) is 1. The number of aromatic nitrogens is 2. The molecule has 100 valence electrons. The zero-order valence-electron chi connectivity index (χ0n) is 10.9. The summed E-state index contributed by atoms with van der Waals surface area (Å²) in [6, 6.07) is 3.88. The summed E-state index contributed by atoms with van der Waals surface area (Å²) in [5.41, 5.74) is -0.913. The SMILES string of the molecule is CC1(C#N)CCCN(C(=O)Cn2cccnc2=O)C1. The first kappa shape index (κ1) is 13.3. The quantitative estimate of drug-likeness (QED) is 0.770. The van der Waals surface area contributed by atoms with E-state index in [-0.39, 0.29) is 12.5 Å². The van der Waals surface area contributed by atoms with Crippen LogP contribution in [-0.4, -0.2) is 33.4 Å². The third kappa shape index (κ3) is 2.99. The first-order valence-electron chi connectivity index (χ1n) is 6.25. The minimum atomic E-state index is -0.478. The van der Waals surface area contributed by atoms with Crippen molar-refractivity contribution in [3.8, 4) is 6.07 Å². The molecule has 0 saturated carbocycles.